The van der Waals surface area contributed by atoms with Crippen molar-refractivity contribution in [3.63, 3.8) is 0 Å². The molecule has 2 heterocycles. The van der Waals surface area contributed by atoms with Gasteiger partial charge in [0.05, 0.1) is 0 Å². The first kappa shape index (κ1) is 20.0. The van der Waals surface area contributed by atoms with Crippen molar-refractivity contribution < 1.29 is 14.4 Å². The number of rotatable bonds is 6. The number of pyridine rings is 1. The summed E-state index contributed by atoms with van der Waals surface area (Å²) in [5.74, 6) is -0.326. The molecule has 1 aliphatic heterocycles. The summed E-state index contributed by atoms with van der Waals surface area (Å²) in [6.07, 6.45) is 1.98. The van der Waals surface area contributed by atoms with Gasteiger partial charge in [0.25, 0.3) is 5.91 Å². The Bertz CT molecular complexity index is 888. The van der Waals surface area contributed by atoms with Crippen molar-refractivity contribution in [1.29, 1.82) is 0 Å². The van der Waals surface area contributed by atoms with Crippen LogP contribution in [0.2, 0.25) is 0 Å². The molecule has 1 unspecified atom stereocenters. The maximum absolute atomic E-state index is 13.1. The zero-order chi connectivity index (χ0) is 20.3. The Balaban J connectivity index is 1.83. The highest BCUT2D eigenvalue weighted by molar-refractivity contribution is 9.10. The van der Waals surface area contributed by atoms with Crippen LogP contribution in [0.1, 0.15) is 25.8 Å². The fraction of sp³-hybridized carbons (Fsp3) is 0.300. The molecule has 1 atom stereocenters. The van der Waals surface area contributed by atoms with Gasteiger partial charge < -0.3 is 5.32 Å². The van der Waals surface area contributed by atoms with Crippen molar-refractivity contribution in [2.75, 3.05) is 18.0 Å². The maximum atomic E-state index is 13.1. The summed E-state index contributed by atoms with van der Waals surface area (Å²) < 4.78 is 0.796. The number of amides is 4. The Morgan fingerprint density at radius 1 is 1.18 bits per heavy atom. The first-order chi connectivity index (χ1) is 13.4. The third kappa shape index (κ3) is 3.52. The molecule has 7 nitrogen and oxygen atoms in total. The molecular weight excluding hydrogens is 424 g/mol. The van der Waals surface area contributed by atoms with E-state index in [0.717, 1.165) is 9.37 Å². The van der Waals surface area contributed by atoms with E-state index in [-0.39, 0.29) is 12.5 Å². The highest BCUT2D eigenvalue weighted by Crippen LogP contribution is 2.32. The van der Waals surface area contributed by atoms with Crippen LogP contribution in [0.25, 0.3) is 0 Å². The van der Waals surface area contributed by atoms with E-state index in [4.69, 9.17) is 0 Å². The fourth-order valence-electron chi connectivity index (χ4n) is 3.35. The van der Waals surface area contributed by atoms with E-state index < -0.39 is 17.5 Å². The number of carbonyl (C=O) groups excluding carboxylic acids is 3. The molecule has 4 amide bonds. The molecule has 0 spiro atoms. The topological polar surface area (TPSA) is 82.6 Å². The summed E-state index contributed by atoms with van der Waals surface area (Å²) in [6.45, 7) is 3.67. The molecule has 0 aliphatic carbocycles. The third-order valence-electron chi connectivity index (χ3n) is 4.87. The second-order valence-corrected chi connectivity index (χ2v) is 7.33. The van der Waals surface area contributed by atoms with Crippen molar-refractivity contribution in [2.24, 2.45) is 0 Å². The van der Waals surface area contributed by atoms with Crippen LogP contribution < -0.4 is 10.2 Å². The summed E-state index contributed by atoms with van der Waals surface area (Å²) in [7, 11) is 0. The minimum absolute atomic E-state index is 0.342. The predicted octanol–water partition coefficient (Wildman–Crippen LogP) is 3.05. The van der Waals surface area contributed by atoms with Crippen LogP contribution in [0.4, 0.5) is 10.6 Å². The molecule has 1 fully saturated rings. The van der Waals surface area contributed by atoms with Crippen LogP contribution >= 0.6 is 15.9 Å². The first-order valence-corrected chi connectivity index (χ1v) is 9.83. The van der Waals surface area contributed by atoms with E-state index in [0.29, 0.717) is 24.3 Å². The Kier molecular flexibility index (Phi) is 5.79. The molecule has 1 aromatic carbocycles. The highest BCUT2D eigenvalue weighted by atomic mass is 79.9. The number of nitrogens with zero attached hydrogens (tertiary/aromatic N) is 3. The van der Waals surface area contributed by atoms with Crippen LogP contribution in [-0.4, -0.2) is 40.8 Å². The highest BCUT2D eigenvalue weighted by Gasteiger charge is 2.51. The van der Waals surface area contributed by atoms with E-state index in [1.807, 2.05) is 32.0 Å². The minimum atomic E-state index is -1.15. The van der Waals surface area contributed by atoms with Gasteiger partial charge in [-0.25, -0.2) is 9.78 Å². The predicted molar refractivity (Wildman–Crippen MR) is 109 cm³/mol. The van der Waals surface area contributed by atoms with Crippen LogP contribution in [0.3, 0.4) is 0 Å². The van der Waals surface area contributed by atoms with E-state index in [1.54, 1.807) is 30.5 Å². The number of halogens is 1. The van der Waals surface area contributed by atoms with Gasteiger partial charge in [-0.1, -0.05) is 37.3 Å². The Morgan fingerprint density at radius 3 is 2.46 bits per heavy atom. The van der Waals surface area contributed by atoms with E-state index in [9.17, 15) is 14.4 Å². The molecule has 8 heteroatoms. The standard InChI is InChI=1S/C20H21BrN4O3/c1-3-20(14-8-6-5-7-9-14)18(27)25(19(28)23-20)13-17(26)24(4-2)16-11-10-15(21)12-22-16/h5-12H,3-4,13H2,1-2H3,(H,23,28). The monoisotopic (exact) mass is 444 g/mol. The molecule has 1 N–H and O–H groups in total. The van der Waals surface area contributed by atoms with Crippen LogP contribution in [0, 0.1) is 0 Å². The zero-order valence-electron chi connectivity index (χ0n) is 15.7. The van der Waals surface area contributed by atoms with Gasteiger partial charge in [0.1, 0.15) is 17.9 Å². The molecule has 146 valence electrons. The number of imide groups is 1. The van der Waals surface area contributed by atoms with E-state index >= 15 is 0 Å². The Morgan fingerprint density at radius 2 is 1.89 bits per heavy atom. The average molecular weight is 445 g/mol. The number of carbonyl (C=O) groups is 3. The van der Waals surface area contributed by atoms with Crippen LogP contribution in [0.15, 0.2) is 53.1 Å². The molecule has 1 aliphatic rings. The third-order valence-corrected chi connectivity index (χ3v) is 5.34. The molecule has 1 aromatic heterocycles. The number of hydrogen-bond acceptors (Lipinski definition) is 4. The summed E-state index contributed by atoms with van der Waals surface area (Å²) >= 11 is 3.31. The lowest BCUT2D eigenvalue weighted by molar-refractivity contribution is -0.134. The SMILES string of the molecule is CCN(C(=O)CN1C(=O)NC(CC)(c2ccccc2)C1=O)c1ccc(Br)cn1. The fourth-order valence-corrected chi connectivity index (χ4v) is 3.58. The number of likely N-dealkylation sites (N-methyl/N-ethyl adjacent to an activating group) is 1. The second-order valence-electron chi connectivity index (χ2n) is 6.42. The summed E-state index contributed by atoms with van der Waals surface area (Å²) in [5, 5.41) is 2.79. The molecule has 0 saturated carbocycles. The zero-order valence-corrected chi connectivity index (χ0v) is 17.3. The van der Waals surface area contributed by atoms with Gasteiger partial charge in [-0.15, -0.1) is 0 Å². The Labute approximate surface area is 171 Å². The Hall–Kier alpha value is -2.74. The normalized spacial score (nSPS) is 18.9. The van der Waals surface area contributed by atoms with Crippen LogP contribution in [0.5, 0.6) is 0 Å². The van der Waals surface area contributed by atoms with Gasteiger partial charge in [-0.3, -0.25) is 19.4 Å². The van der Waals surface area contributed by atoms with Gasteiger partial charge >= 0.3 is 6.03 Å². The van der Waals surface area contributed by atoms with Gasteiger partial charge in [0, 0.05) is 17.2 Å². The average Bonchev–Trinajstić information content (AvgIpc) is 2.96. The lowest BCUT2D eigenvalue weighted by Gasteiger charge is -2.26. The summed E-state index contributed by atoms with van der Waals surface area (Å²) in [4.78, 5) is 45.2. The van der Waals surface area contributed by atoms with Crippen molar-refractivity contribution >= 4 is 39.6 Å². The molecule has 3 rings (SSSR count). The van der Waals surface area contributed by atoms with Gasteiger partial charge in [0.2, 0.25) is 5.91 Å². The van der Waals surface area contributed by atoms with Gasteiger partial charge in [-0.05, 0) is 47.0 Å². The van der Waals surface area contributed by atoms with E-state index in [1.165, 1.54) is 4.90 Å². The van der Waals surface area contributed by atoms with Crippen molar-refractivity contribution in [2.45, 2.75) is 25.8 Å². The van der Waals surface area contributed by atoms with E-state index in [2.05, 4.69) is 26.2 Å². The van der Waals surface area contributed by atoms with Crippen molar-refractivity contribution in [3.8, 4) is 0 Å². The molecule has 28 heavy (non-hydrogen) atoms. The minimum Gasteiger partial charge on any atom is -0.319 e. The lowest BCUT2D eigenvalue weighted by atomic mass is 9.87. The van der Waals surface area contributed by atoms with Crippen LogP contribution in [-0.2, 0) is 15.1 Å². The number of aromatic nitrogens is 1. The molecular formula is C20H21BrN4O3. The summed E-state index contributed by atoms with van der Waals surface area (Å²) in [5.41, 5.74) is -0.446. The number of benzene rings is 1. The smallest absolute Gasteiger partial charge is 0.319 e. The lowest BCUT2D eigenvalue weighted by Crippen LogP contribution is -2.45. The van der Waals surface area contributed by atoms with Gasteiger partial charge in [0.15, 0.2) is 0 Å². The number of urea groups is 1. The second kappa shape index (κ2) is 8.10. The molecule has 1 saturated heterocycles. The molecule has 0 bridgehead atoms. The quantitative estimate of drug-likeness (QED) is 0.693. The largest absolute Gasteiger partial charge is 0.325 e. The molecule has 2 aromatic rings. The number of anilines is 1. The number of nitrogens with one attached hydrogen (secondary N) is 1. The molecule has 0 radical (unpaired) electrons. The number of hydrogen-bond donors (Lipinski definition) is 1. The van der Waals surface area contributed by atoms with Crippen molar-refractivity contribution in [3.05, 3.63) is 58.7 Å². The summed E-state index contributed by atoms with van der Waals surface area (Å²) in [6, 6.07) is 12.0. The van der Waals surface area contributed by atoms with Gasteiger partial charge in [-0.2, -0.15) is 0 Å². The first-order valence-electron chi connectivity index (χ1n) is 9.04. The van der Waals surface area contributed by atoms with Crippen molar-refractivity contribution in [1.82, 2.24) is 15.2 Å². The maximum Gasteiger partial charge on any atom is 0.325 e.